The Morgan fingerprint density at radius 2 is 1.78 bits per heavy atom. The van der Waals surface area contributed by atoms with Crippen LogP contribution in [0, 0.1) is 0 Å². The molecule has 23 heavy (non-hydrogen) atoms. The number of amides is 1. The van der Waals surface area contributed by atoms with Gasteiger partial charge in [-0.2, -0.15) is 0 Å². The first-order valence-corrected chi connectivity index (χ1v) is 7.31. The van der Waals surface area contributed by atoms with Gasteiger partial charge in [-0.3, -0.25) is 9.59 Å². The summed E-state index contributed by atoms with van der Waals surface area (Å²) in [4.78, 5) is 29.7. The molecule has 3 aromatic rings. The van der Waals surface area contributed by atoms with Gasteiger partial charge < -0.3 is 9.47 Å². The summed E-state index contributed by atoms with van der Waals surface area (Å²) in [6.45, 7) is 0.443. The summed E-state index contributed by atoms with van der Waals surface area (Å²) in [5, 5.41) is 0. The van der Waals surface area contributed by atoms with Crippen LogP contribution in [0.1, 0.15) is 15.9 Å². The molecule has 0 saturated carbocycles. The first-order chi connectivity index (χ1) is 11.1. The fourth-order valence-electron chi connectivity index (χ4n) is 2.47. The van der Waals surface area contributed by atoms with E-state index in [1.165, 1.54) is 11.1 Å². The summed E-state index contributed by atoms with van der Waals surface area (Å²) in [5.41, 5.74) is 3.03. The zero-order chi connectivity index (χ0) is 16.4. The summed E-state index contributed by atoms with van der Waals surface area (Å²) in [6, 6.07) is 14.9. The van der Waals surface area contributed by atoms with Gasteiger partial charge in [0.2, 0.25) is 0 Å². The number of carbonyl (C=O) groups is 1. The van der Waals surface area contributed by atoms with Crippen molar-refractivity contribution in [2.45, 2.75) is 6.54 Å². The SMILES string of the molecule is CN(C)C(=O)c1ccc(Cn2c(=O)cnc3ccccc32)cc1. The van der Waals surface area contributed by atoms with E-state index in [0.717, 1.165) is 16.6 Å². The molecule has 1 amide bonds. The molecule has 2 aromatic carbocycles. The summed E-state index contributed by atoms with van der Waals surface area (Å²) in [6.07, 6.45) is 1.34. The van der Waals surface area contributed by atoms with E-state index < -0.39 is 0 Å². The van der Waals surface area contributed by atoms with Crippen molar-refractivity contribution < 1.29 is 4.79 Å². The third-order valence-electron chi connectivity index (χ3n) is 3.70. The molecule has 0 aliphatic rings. The Morgan fingerprint density at radius 1 is 1.09 bits per heavy atom. The van der Waals surface area contributed by atoms with Gasteiger partial charge in [0.25, 0.3) is 11.5 Å². The molecular weight excluding hydrogens is 290 g/mol. The van der Waals surface area contributed by atoms with Gasteiger partial charge in [-0.1, -0.05) is 24.3 Å². The minimum absolute atomic E-state index is 0.0388. The lowest BCUT2D eigenvalue weighted by atomic mass is 10.1. The standard InChI is InChI=1S/C18H17N3O2/c1-20(2)18(23)14-9-7-13(8-10-14)12-21-16-6-4-3-5-15(16)19-11-17(21)22/h3-11H,12H2,1-2H3. The topological polar surface area (TPSA) is 55.2 Å². The highest BCUT2D eigenvalue weighted by atomic mass is 16.2. The number of hydrogen-bond acceptors (Lipinski definition) is 3. The average Bonchev–Trinajstić information content (AvgIpc) is 2.57. The second-order valence-corrected chi connectivity index (χ2v) is 5.57. The van der Waals surface area contributed by atoms with E-state index >= 15 is 0 Å². The molecular formula is C18H17N3O2. The highest BCUT2D eigenvalue weighted by Gasteiger charge is 2.08. The third-order valence-corrected chi connectivity index (χ3v) is 3.70. The van der Waals surface area contributed by atoms with Crippen molar-refractivity contribution in [3.63, 3.8) is 0 Å². The molecule has 0 aliphatic heterocycles. The zero-order valence-corrected chi connectivity index (χ0v) is 13.1. The van der Waals surface area contributed by atoms with Gasteiger partial charge in [-0.15, -0.1) is 0 Å². The predicted molar refractivity (Wildman–Crippen MR) is 89.6 cm³/mol. The summed E-state index contributed by atoms with van der Waals surface area (Å²) < 4.78 is 1.69. The van der Waals surface area contributed by atoms with Crippen molar-refractivity contribution in [2.75, 3.05) is 14.1 Å². The Bertz CT molecular complexity index is 911. The van der Waals surface area contributed by atoms with Crippen molar-refractivity contribution in [1.29, 1.82) is 0 Å². The molecule has 0 spiro atoms. The molecule has 116 valence electrons. The Morgan fingerprint density at radius 3 is 2.48 bits per heavy atom. The van der Waals surface area contributed by atoms with Crippen molar-refractivity contribution in [2.24, 2.45) is 0 Å². The first kappa shape index (κ1) is 15.0. The van der Waals surface area contributed by atoms with Crippen molar-refractivity contribution >= 4 is 16.9 Å². The summed E-state index contributed by atoms with van der Waals surface area (Å²) >= 11 is 0. The molecule has 0 aliphatic carbocycles. The van der Waals surface area contributed by atoms with Gasteiger partial charge in [-0.25, -0.2) is 4.98 Å². The van der Waals surface area contributed by atoms with Crippen LogP contribution in [0.5, 0.6) is 0 Å². The minimum atomic E-state index is -0.142. The van der Waals surface area contributed by atoms with Gasteiger partial charge in [0.1, 0.15) is 0 Å². The summed E-state index contributed by atoms with van der Waals surface area (Å²) in [5.74, 6) is -0.0388. The van der Waals surface area contributed by atoms with E-state index in [0.29, 0.717) is 12.1 Å². The van der Waals surface area contributed by atoms with Crippen LogP contribution < -0.4 is 5.56 Å². The van der Waals surface area contributed by atoms with Crippen LogP contribution in [0.15, 0.2) is 59.5 Å². The highest BCUT2D eigenvalue weighted by molar-refractivity contribution is 5.93. The lowest BCUT2D eigenvalue weighted by Crippen LogP contribution is -2.22. The molecule has 5 heteroatoms. The highest BCUT2D eigenvalue weighted by Crippen LogP contribution is 2.12. The maximum absolute atomic E-state index is 12.1. The number of fused-ring (bicyclic) bond motifs is 1. The summed E-state index contributed by atoms with van der Waals surface area (Å²) in [7, 11) is 3.44. The molecule has 1 heterocycles. The Hall–Kier alpha value is -2.95. The molecule has 0 fully saturated rings. The van der Waals surface area contributed by atoms with Gasteiger partial charge in [0.05, 0.1) is 23.8 Å². The smallest absolute Gasteiger partial charge is 0.269 e. The van der Waals surface area contributed by atoms with Crippen LogP contribution in [-0.4, -0.2) is 34.5 Å². The van der Waals surface area contributed by atoms with E-state index in [1.54, 1.807) is 30.8 Å². The van der Waals surface area contributed by atoms with Gasteiger partial charge >= 0.3 is 0 Å². The number of benzene rings is 2. The second kappa shape index (κ2) is 6.04. The number of hydrogen-bond donors (Lipinski definition) is 0. The lowest BCUT2D eigenvalue weighted by molar-refractivity contribution is 0.0827. The molecule has 5 nitrogen and oxygen atoms in total. The van der Waals surface area contributed by atoms with E-state index in [4.69, 9.17) is 0 Å². The number of para-hydroxylation sites is 2. The van der Waals surface area contributed by atoms with E-state index in [-0.39, 0.29) is 11.5 Å². The number of aromatic nitrogens is 2. The molecule has 0 N–H and O–H groups in total. The molecule has 3 rings (SSSR count). The average molecular weight is 307 g/mol. The molecule has 0 unspecified atom stereocenters. The molecule has 1 aromatic heterocycles. The van der Waals surface area contributed by atoms with Crippen LogP contribution >= 0.6 is 0 Å². The van der Waals surface area contributed by atoms with Crippen molar-refractivity contribution in [3.05, 3.63) is 76.2 Å². The Kier molecular flexibility index (Phi) is 3.93. The first-order valence-electron chi connectivity index (χ1n) is 7.31. The zero-order valence-electron chi connectivity index (χ0n) is 13.1. The second-order valence-electron chi connectivity index (χ2n) is 5.57. The molecule has 0 radical (unpaired) electrons. The monoisotopic (exact) mass is 307 g/mol. The largest absolute Gasteiger partial charge is 0.345 e. The van der Waals surface area contributed by atoms with E-state index in [2.05, 4.69) is 4.98 Å². The lowest BCUT2D eigenvalue weighted by Gasteiger charge is -2.12. The number of nitrogens with zero attached hydrogens (tertiary/aromatic N) is 3. The third kappa shape index (κ3) is 2.99. The number of carbonyl (C=O) groups excluding carboxylic acids is 1. The van der Waals surface area contributed by atoms with Crippen LogP contribution in [0.2, 0.25) is 0 Å². The number of rotatable bonds is 3. The normalized spacial score (nSPS) is 10.7. The molecule has 0 saturated heterocycles. The molecule has 0 bridgehead atoms. The van der Waals surface area contributed by atoms with Crippen molar-refractivity contribution in [1.82, 2.24) is 14.5 Å². The van der Waals surface area contributed by atoms with Crippen molar-refractivity contribution in [3.8, 4) is 0 Å². The van der Waals surface area contributed by atoms with E-state index in [9.17, 15) is 9.59 Å². The Balaban J connectivity index is 1.95. The van der Waals surface area contributed by atoms with Gasteiger partial charge in [-0.05, 0) is 29.8 Å². The van der Waals surface area contributed by atoms with Crippen LogP contribution in [-0.2, 0) is 6.54 Å². The van der Waals surface area contributed by atoms with Crippen LogP contribution in [0.25, 0.3) is 11.0 Å². The maximum atomic E-state index is 12.1. The fraction of sp³-hybridized carbons (Fsp3) is 0.167. The van der Waals surface area contributed by atoms with Gasteiger partial charge in [0, 0.05) is 19.7 Å². The van der Waals surface area contributed by atoms with Crippen LogP contribution in [0.4, 0.5) is 0 Å². The fourth-order valence-corrected chi connectivity index (χ4v) is 2.47. The minimum Gasteiger partial charge on any atom is -0.345 e. The van der Waals surface area contributed by atoms with Gasteiger partial charge in [0.15, 0.2) is 0 Å². The van der Waals surface area contributed by atoms with Crippen LogP contribution in [0.3, 0.4) is 0 Å². The maximum Gasteiger partial charge on any atom is 0.269 e. The quantitative estimate of drug-likeness (QED) is 0.745. The van der Waals surface area contributed by atoms with E-state index in [1.807, 2.05) is 36.4 Å². The Labute approximate surface area is 133 Å². The predicted octanol–water partition coefficient (Wildman–Crippen LogP) is 2.15. The molecule has 0 atom stereocenters.